The van der Waals surface area contributed by atoms with Gasteiger partial charge in [0.1, 0.15) is 0 Å². The molecule has 6 nitrogen and oxygen atoms in total. The smallest absolute Gasteiger partial charge is 0.193 e. The molecule has 0 saturated carbocycles. The Morgan fingerprint density at radius 3 is 2.80 bits per heavy atom. The van der Waals surface area contributed by atoms with E-state index >= 15 is 0 Å². The van der Waals surface area contributed by atoms with E-state index in [1.807, 2.05) is 12.1 Å². The van der Waals surface area contributed by atoms with Gasteiger partial charge in [-0.05, 0) is 47.0 Å². The van der Waals surface area contributed by atoms with Crippen LogP contribution in [0.15, 0.2) is 21.6 Å². The third kappa shape index (κ3) is 5.51. The van der Waals surface area contributed by atoms with Gasteiger partial charge in [0.2, 0.25) is 0 Å². The summed E-state index contributed by atoms with van der Waals surface area (Å²) in [4.78, 5) is 6.95. The summed E-state index contributed by atoms with van der Waals surface area (Å²) >= 11 is 3.53. The molecule has 0 radical (unpaired) electrons. The largest absolute Gasteiger partial charge is 0.493 e. The van der Waals surface area contributed by atoms with Gasteiger partial charge in [-0.2, -0.15) is 0 Å². The number of benzene rings is 1. The summed E-state index contributed by atoms with van der Waals surface area (Å²) < 4.78 is 17.1. The highest BCUT2D eigenvalue weighted by Gasteiger charge is 2.19. The van der Waals surface area contributed by atoms with Crippen LogP contribution in [0.3, 0.4) is 0 Å². The van der Waals surface area contributed by atoms with E-state index in [0.717, 1.165) is 48.7 Å². The number of halogens is 1. The van der Waals surface area contributed by atoms with Crippen LogP contribution in [0.1, 0.15) is 18.9 Å². The van der Waals surface area contributed by atoms with Crippen molar-refractivity contribution in [3.63, 3.8) is 0 Å². The highest BCUT2D eigenvalue weighted by Crippen LogP contribution is 2.36. The van der Waals surface area contributed by atoms with Gasteiger partial charge in [-0.15, -0.1) is 0 Å². The van der Waals surface area contributed by atoms with Gasteiger partial charge in [0, 0.05) is 32.7 Å². The molecule has 0 aromatic heterocycles. The van der Waals surface area contributed by atoms with Crippen molar-refractivity contribution in [3.8, 4) is 11.5 Å². The van der Waals surface area contributed by atoms with Crippen LogP contribution in [0.2, 0.25) is 0 Å². The van der Waals surface area contributed by atoms with Crippen molar-refractivity contribution in [1.29, 1.82) is 0 Å². The normalized spacial score (nSPS) is 17.5. The Kier molecular flexibility index (Phi) is 7.84. The quantitative estimate of drug-likeness (QED) is 0.549. The van der Waals surface area contributed by atoms with Crippen LogP contribution in [-0.2, 0) is 11.3 Å². The standard InChI is InChI=1S/C18H28BrN3O3/c1-5-20-18(22(2)11-13-6-7-25-12-13)21-10-14-8-15(19)17(24-4)16(9-14)23-3/h8-9,13H,5-7,10-12H2,1-4H3,(H,20,21). The van der Waals surface area contributed by atoms with Gasteiger partial charge in [-0.25, -0.2) is 4.99 Å². The molecule has 1 aliphatic rings. The number of hydrogen-bond acceptors (Lipinski definition) is 4. The topological polar surface area (TPSA) is 55.3 Å². The molecule has 25 heavy (non-hydrogen) atoms. The van der Waals surface area contributed by atoms with Crippen LogP contribution in [0, 0.1) is 5.92 Å². The van der Waals surface area contributed by atoms with E-state index in [1.54, 1.807) is 14.2 Å². The maximum atomic E-state index is 5.47. The van der Waals surface area contributed by atoms with E-state index in [1.165, 1.54) is 0 Å². The Balaban J connectivity index is 2.10. The maximum Gasteiger partial charge on any atom is 0.193 e. The van der Waals surface area contributed by atoms with Crippen molar-refractivity contribution in [3.05, 3.63) is 22.2 Å². The molecule has 1 unspecified atom stereocenters. The van der Waals surface area contributed by atoms with Gasteiger partial charge in [-0.1, -0.05) is 0 Å². The van der Waals surface area contributed by atoms with Gasteiger partial charge in [0.05, 0.1) is 31.8 Å². The molecule has 0 aliphatic carbocycles. The molecule has 1 N–H and O–H groups in total. The fourth-order valence-electron chi connectivity index (χ4n) is 2.90. The lowest BCUT2D eigenvalue weighted by Crippen LogP contribution is -2.41. The summed E-state index contributed by atoms with van der Waals surface area (Å²) in [6.45, 7) is 6.13. The average Bonchev–Trinajstić information content (AvgIpc) is 3.10. The lowest BCUT2D eigenvalue weighted by molar-refractivity contribution is 0.181. The zero-order valence-electron chi connectivity index (χ0n) is 15.5. The highest BCUT2D eigenvalue weighted by atomic mass is 79.9. The number of methoxy groups -OCH3 is 2. The predicted molar refractivity (Wildman–Crippen MR) is 104 cm³/mol. The molecule has 1 aromatic carbocycles. The van der Waals surface area contributed by atoms with Gasteiger partial charge < -0.3 is 24.4 Å². The van der Waals surface area contributed by atoms with Crippen LogP contribution >= 0.6 is 15.9 Å². The summed E-state index contributed by atoms with van der Waals surface area (Å²) in [5.41, 5.74) is 1.05. The first kappa shape index (κ1) is 19.8. The van der Waals surface area contributed by atoms with Crippen molar-refractivity contribution in [2.45, 2.75) is 19.9 Å². The third-order valence-electron chi connectivity index (χ3n) is 4.16. The predicted octanol–water partition coefficient (Wildman–Crippen LogP) is 2.90. The van der Waals surface area contributed by atoms with Gasteiger partial charge >= 0.3 is 0 Å². The first-order valence-electron chi connectivity index (χ1n) is 8.56. The molecule has 1 atom stereocenters. The zero-order chi connectivity index (χ0) is 18.2. The molecule has 2 rings (SSSR count). The average molecular weight is 414 g/mol. The minimum Gasteiger partial charge on any atom is -0.493 e. The molecule has 1 aliphatic heterocycles. The van der Waals surface area contributed by atoms with Gasteiger partial charge in [0.25, 0.3) is 0 Å². The minimum absolute atomic E-state index is 0.562. The van der Waals surface area contributed by atoms with Crippen molar-refractivity contribution in [2.75, 3.05) is 47.6 Å². The second-order valence-electron chi connectivity index (χ2n) is 6.09. The highest BCUT2D eigenvalue weighted by molar-refractivity contribution is 9.10. The Morgan fingerprint density at radius 2 is 2.20 bits per heavy atom. The molecule has 0 spiro atoms. The maximum absolute atomic E-state index is 5.47. The second kappa shape index (κ2) is 9.87. The SMILES string of the molecule is CCNC(=NCc1cc(Br)c(OC)c(OC)c1)N(C)CC1CCOC1. The molecule has 1 aromatic rings. The summed E-state index contributed by atoms with van der Waals surface area (Å²) in [7, 11) is 5.34. The Morgan fingerprint density at radius 1 is 1.40 bits per heavy atom. The van der Waals surface area contributed by atoms with Crippen LogP contribution in [0.25, 0.3) is 0 Å². The fraction of sp³-hybridized carbons (Fsp3) is 0.611. The number of aliphatic imine (C=N–C) groups is 1. The summed E-state index contributed by atoms with van der Waals surface area (Å²) in [5, 5.41) is 3.36. The summed E-state index contributed by atoms with van der Waals surface area (Å²) in [6, 6.07) is 3.97. The lowest BCUT2D eigenvalue weighted by atomic mass is 10.1. The zero-order valence-corrected chi connectivity index (χ0v) is 17.1. The molecule has 0 amide bonds. The molecule has 1 saturated heterocycles. The van der Waals surface area contributed by atoms with E-state index in [4.69, 9.17) is 19.2 Å². The van der Waals surface area contributed by atoms with Crippen LogP contribution < -0.4 is 14.8 Å². The molecule has 140 valence electrons. The van der Waals surface area contributed by atoms with E-state index < -0.39 is 0 Å². The Labute approximate surface area is 158 Å². The molecule has 1 fully saturated rings. The molecular weight excluding hydrogens is 386 g/mol. The molecule has 0 bridgehead atoms. The number of hydrogen-bond donors (Lipinski definition) is 1. The van der Waals surface area contributed by atoms with Crippen LogP contribution in [0.4, 0.5) is 0 Å². The van der Waals surface area contributed by atoms with Gasteiger partial charge in [-0.3, -0.25) is 0 Å². The second-order valence-corrected chi connectivity index (χ2v) is 6.95. The van der Waals surface area contributed by atoms with Crippen molar-refractivity contribution < 1.29 is 14.2 Å². The first-order valence-corrected chi connectivity index (χ1v) is 9.35. The summed E-state index contributed by atoms with van der Waals surface area (Å²) in [5.74, 6) is 2.87. The number of guanidine groups is 1. The van der Waals surface area contributed by atoms with E-state index in [0.29, 0.717) is 24.0 Å². The van der Waals surface area contributed by atoms with Gasteiger partial charge in [0.15, 0.2) is 17.5 Å². The summed E-state index contributed by atoms with van der Waals surface area (Å²) in [6.07, 6.45) is 1.12. The lowest BCUT2D eigenvalue weighted by Gasteiger charge is -2.24. The van der Waals surface area contributed by atoms with E-state index in [2.05, 4.69) is 40.1 Å². The minimum atomic E-state index is 0.562. The number of rotatable bonds is 7. The molecular formula is C18H28BrN3O3. The molecule has 7 heteroatoms. The number of nitrogens with one attached hydrogen (secondary N) is 1. The Hall–Kier alpha value is -1.47. The Bertz CT molecular complexity index is 589. The van der Waals surface area contributed by atoms with Crippen LogP contribution in [0.5, 0.6) is 11.5 Å². The van der Waals surface area contributed by atoms with E-state index in [9.17, 15) is 0 Å². The number of ether oxygens (including phenoxy) is 3. The first-order chi connectivity index (χ1) is 12.1. The third-order valence-corrected chi connectivity index (χ3v) is 4.75. The van der Waals surface area contributed by atoms with E-state index in [-0.39, 0.29) is 0 Å². The van der Waals surface area contributed by atoms with Crippen LogP contribution in [-0.4, -0.2) is 58.4 Å². The number of nitrogens with zero attached hydrogens (tertiary/aromatic N) is 2. The van der Waals surface area contributed by atoms with Crippen molar-refractivity contribution >= 4 is 21.9 Å². The molecule has 1 heterocycles. The van der Waals surface area contributed by atoms with Crippen molar-refractivity contribution in [2.24, 2.45) is 10.9 Å². The monoisotopic (exact) mass is 413 g/mol. The van der Waals surface area contributed by atoms with Crippen molar-refractivity contribution in [1.82, 2.24) is 10.2 Å². The fourth-order valence-corrected chi connectivity index (χ4v) is 3.55.